The van der Waals surface area contributed by atoms with Crippen LogP contribution in [0.5, 0.6) is 5.75 Å². The Morgan fingerprint density at radius 2 is 1.84 bits per heavy atom. The number of anilines is 1. The maximum absolute atomic E-state index is 13.3. The molecule has 5 rings (SSSR count). The lowest BCUT2D eigenvalue weighted by Gasteiger charge is -2.42. The molecule has 2 heterocycles. The minimum Gasteiger partial charge on any atom is -0.490 e. The number of rotatable bonds is 6. The Hall–Kier alpha value is -3.43. The molecule has 3 atom stereocenters. The maximum Gasteiger partial charge on any atom is 0.257 e. The summed E-state index contributed by atoms with van der Waals surface area (Å²) < 4.78 is 17.2. The number of nitrogens with zero attached hydrogens (tertiary/aromatic N) is 1. The second-order valence-electron chi connectivity index (χ2n) is 10.0. The van der Waals surface area contributed by atoms with Gasteiger partial charge in [0.15, 0.2) is 0 Å². The second kappa shape index (κ2) is 10.9. The standard InChI is InChI=1S/C28H33N3O6/c1-31-23-9-8-21(14-26(32)30-20-11-17-5-3-4-6-18(17)12-20)37-25(23)15-36-24-10-7-19(13-22(24)28(31)34)29-27(33)16-35-2/h3-7,10,13,20-21,23,25H,8-9,11-12,14-16H2,1-2H3,(H,29,33)(H,30,32)/t21-,23-,25+/m0/s1. The Bertz CT molecular complexity index is 1160. The van der Waals surface area contributed by atoms with Crippen LogP contribution in [0.4, 0.5) is 5.69 Å². The van der Waals surface area contributed by atoms with Crippen LogP contribution < -0.4 is 15.4 Å². The number of methoxy groups -OCH3 is 1. The zero-order valence-electron chi connectivity index (χ0n) is 21.2. The lowest BCUT2D eigenvalue weighted by atomic mass is 9.94. The van der Waals surface area contributed by atoms with Crippen LogP contribution in [-0.2, 0) is 31.9 Å². The molecule has 2 aliphatic heterocycles. The van der Waals surface area contributed by atoms with Crippen molar-refractivity contribution in [2.75, 3.05) is 32.7 Å². The van der Waals surface area contributed by atoms with Crippen LogP contribution in [0.3, 0.4) is 0 Å². The van der Waals surface area contributed by atoms with Gasteiger partial charge < -0.3 is 29.7 Å². The highest BCUT2D eigenvalue weighted by Crippen LogP contribution is 2.32. The van der Waals surface area contributed by atoms with Gasteiger partial charge in [0, 0.05) is 25.9 Å². The van der Waals surface area contributed by atoms with Gasteiger partial charge in [-0.2, -0.15) is 0 Å². The van der Waals surface area contributed by atoms with Crippen LogP contribution in [0.25, 0.3) is 0 Å². The van der Waals surface area contributed by atoms with Crippen molar-refractivity contribution in [3.05, 3.63) is 59.2 Å². The molecule has 37 heavy (non-hydrogen) atoms. The monoisotopic (exact) mass is 507 g/mol. The fourth-order valence-corrected chi connectivity index (χ4v) is 5.59. The van der Waals surface area contributed by atoms with Crippen molar-refractivity contribution >= 4 is 23.4 Å². The molecule has 0 spiro atoms. The van der Waals surface area contributed by atoms with Crippen LogP contribution in [0.15, 0.2) is 42.5 Å². The number of likely N-dealkylation sites (N-methyl/N-ethyl adjacent to an activating group) is 1. The van der Waals surface area contributed by atoms with Crippen molar-refractivity contribution in [1.29, 1.82) is 0 Å². The van der Waals surface area contributed by atoms with E-state index < -0.39 is 0 Å². The molecule has 1 fully saturated rings. The molecule has 9 nitrogen and oxygen atoms in total. The van der Waals surface area contributed by atoms with Crippen molar-refractivity contribution in [1.82, 2.24) is 10.2 Å². The Kier molecular flexibility index (Phi) is 7.43. The average Bonchev–Trinajstić information content (AvgIpc) is 3.28. The van der Waals surface area contributed by atoms with E-state index in [1.165, 1.54) is 18.2 Å². The number of ether oxygens (including phenoxy) is 3. The van der Waals surface area contributed by atoms with Gasteiger partial charge in [-0.25, -0.2) is 0 Å². The summed E-state index contributed by atoms with van der Waals surface area (Å²) in [7, 11) is 3.21. The lowest BCUT2D eigenvalue weighted by molar-refractivity contribution is -0.134. The number of nitrogens with one attached hydrogen (secondary N) is 2. The lowest BCUT2D eigenvalue weighted by Crippen LogP contribution is -2.54. The summed E-state index contributed by atoms with van der Waals surface area (Å²) in [4.78, 5) is 39.7. The van der Waals surface area contributed by atoms with E-state index in [9.17, 15) is 14.4 Å². The van der Waals surface area contributed by atoms with Crippen LogP contribution in [0, 0.1) is 0 Å². The van der Waals surface area contributed by atoms with E-state index >= 15 is 0 Å². The third-order valence-electron chi connectivity index (χ3n) is 7.40. The van der Waals surface area contributed by atoms with Crippen molar-refractivity contribution in [3.8, 4) is 5.75 Å². The molecular weight excluding hydrogens is 474 g/mol. The predicted octanol–water partition coefficient (Wildman–Crippen LogP) is 2.33. The van der Waals surface area contributed by atoms with Gasteiger partial charge >= 0.3 is 0 Å². The van der Waals surface area contributed by atoms with Crippen molar-refractivity contribution in [3.63, 3.8) is 0 Å². The maximum atomic E-state index is 13.3. The molecule has 2 aromatic carbocycles. The molecule has 196 valence electrons. The van der Waals surface area contributed by atoms with Crippen molar-refractivity contribution in [2.24, 2.45) is 0 Å². The fourth-order valence-electron chi connectivity index (χ4n) is 5.59. The molecule has 1 aliphatic carbocycles. The topological polar surface area (TPSA) is 106 Å². The summed E-state index contributed by atoms with van der Waals surface area (Å²) in [5.41, 5.74) is 3.48. The first-order valence-corrected chi connectivity index (χ1v) is 12.8. The molecule has 0 saturated carbocycles. The molecule has 2 N–H and O–H groups in total. The summed E-state index contributed by atoms with van der Waals surface area (Å²) in [6, 6.07) is 13.3. The summed E-state index contributed by atoms with van der Waals surface area (Å²) in [6.07, 6.45) is 2.82. The number of fused-ring (bicyclic) bond motifs is 3. The van der Waals surface area contributed by atoms with E-state index in [0.29, 0.717) is 29.8 Å². The van der Waals surface area contributed by atoms with Crippen LogP contribution in [0.1, 0.15) is 40.7 Å². The van der Waals surface area contributed by atoms with Gasteiger partial charge in [0.2, 0.25) is 11.8 Å². The Balaban J connectivity index is 1.20. The molecule has 0 unspecified atom stereocenters. The van der Waals surface area contributed by atoms with E-state index in [4.69, 9.17) is 14.2 Å². The molecule has 9 heteroatoms. The van der Waals surface area contributed by atoms with Crippen molar-refractivity contribution in [2.45, 2.75) is 56.4 Å². The number of benzene rings is 2. The first-order valence-electron chi connectivity index (χ1n) is 12.8. The van der Waals surface area contributed by atoms with Crippen LogP contribution >= 0.6 is 0 Å². The van der Waals surface area contributed by atoms with Gasteiger partial charge in [0.1, 0.15) is 25.1 Å². The highest BCUT2D eigenvalue weighted by atomic mass is 16.5. The highest BCUT2D eigenvalue weighted by Gasteiger charge is 2.39. The molecule has 1 saturated heterocycles. The zero-order valence-corrected chi connectivity index (χ0v) is 21.2. The first kappa shape index (κ1) is 25.2. The minimum atomic E-state index is -0.342. The number of carbonyl (C=O) groups excluding carboxylic acids is 3. The Morgan fingerprint density at radius 3 is 2.57 bits per heavy atom. The number of amides is 3. The van der Waals surface area contributed by atoms with E-state index in [0.717, 1.165) is 12.8 Å². The van der Waals surface area contributed by atoms with Gasteiger partial charge in [0.05, 0.1) is 24.1 Å². The van der Waals surface area contributed by atoms with E-state index in [-0.39, 0.29) is 61.6 Å². The second-order valence-corrected chi connectivity index (χ2v) is 10.0. The fraction of sp³-hybridized carbons (Fsp3) is 0.464. The Morgan fingerprint density at radius 1 is 1.08 bits per heavy atom. The van der Waals surface area contributed by atoms with E-state index in [2.05, 4.69) is 22.8 Å². The molecule has 0 radical (unpaired) electrons. The van der Waals surface area contributed by atoms with Gasteiger partial charge in [-0.1, -0.05) is 24.3 Å². The molecule has 2 aromatic rings. The van der Waals surface area contributed by atoms with Crippen LogP contribution in [0.2, 0.25) is 0 Å². The van der Waals surface area contributed by atoms with E-state index in [1.807, 2.05) is 12.1 Å². The average molecular weight is 508 g/mol. The predicted molar refractivity (Wildman–Crippen MR) is 137 cm³/mol. The number of carbonyl (C=O) groups is 3. The van der Waals surface area contributed by atoms with Crippen molar-refractivity contribution < 1.29 is 28.6 Å². The minimum absolute atomic E-state index is 0.00848. The quantitative estimate of drug-likeness (QED) is 0.622. The number of hydrogen-bond acceptors (Lipinski definition) is 6. The largest absolute Gasteiger partial charge is 0.490 e. The molecule has 0 bridgehead atoms. The zero-order chi connectivity index (χ0) is 25.9. The van der Waals surface area contributed by atoms with Gasteiger partial charge in [-0.05, 0) is 55.0 Å². The SMILES string of the molecule is COCC(=O)Nc1ccc2c(c1)C(=O)N(C)[C@H]1CC[C@@H](CC(=O)NC3Cc4ccccc4C3)O[C@@H]1CO2. The molecule has 0 aromatic heterocycles. The molecule has 3 amide bonds. The smallest absolute Gasteiger partial charge is 0.257 e. The molecule has 3 aliphatic rings. The van der Waals surface area contributed by atoms with Gasteiger partial charge in [-0.3, -0.25) is 14.4 Å². The highest BCUT2D eigenvalue weighted by molar-refractivity contribution is 6.00. The summed E-state index contributed by atoms with van der Waals surface area (Å²) in [5.74, 6) is -0.0772. The summed E-state index contributed by atoms with van der Waals surface area (Å²) in [6.45, 7) is 0.191. The molecular formula is C28H33N3O6. The third kappa shape index (κ3) is 5.62. The van der Waals surface area contributed by atoms with Crippen LogP contribution in [-0.4, -0.2) is 74.3 Å². The summed E-state index contributed by atoms with van der Waals surface area (Å²) in [5, 5.41) is 5.89. The van der Waals surface area contributed by atoms with E-state index in [1.54, 1.807) is 30.1 Å². The first-order chi connectivity index (χ1) is 17.9. The van der Waals surface area contributed by atoms with Gasteiger partial charge in [-0.15, -0.1) is 0 Å². The number of hydrogen-bond donors (Lipinski definition) is 2. The third-order valence-corrected chi connectivity index (χ3v) is 7.40. The normalized spacial score (nSPS) is 23.1. The Labute approximate surface area is 216 Å². The van der Waals surface area contributed by atoms with Gasteiger partial charge in [0.25, 0.3) is 5.91 Å². The summed E-state index contributed by atoms with van der Waals surface area (Å²) >= 11 is 0.